The van der Waals surface area contributed by atoms with E-state index in [9.17, 15) is 9.59 Å². The van der Waals surface area contributed by atoms with Gasteiger partial charge in [0.1, 0.15) is 0 Å². The zero-order valence-corrected chi connectivity index (χ0v) is 14.1. The molecular weight excluding hydrogens is 302 g/mol. The van der Waals surface area contributed by atoms with Gasteiger partial charge in [0.05, 0.1) is 0 Å². The minimum atomic E-state index is -0.178. The van der Waals surface area contributed by atoms with Crippen molar-refractivity contribution in [3.63, 3.8) is 0 Å². The third-order valence-electron chi connectivity index (χ3n) is 3.66. The predicted molar refractivity (Wildman–Crippen MR) is 97.2 cm³/mol. The maximum absolute atomic E-state index is 12.3. The van der Waals surface area contributed by atoms with Crippen LogP contribution in [0.15, 0.2) is 42.5 Å². The predicted octanol–water partition coefficient (Wildman–Crippen LogP) is 3.23. The van der Waals surface area contributed by atoms with Crippen LogP contribution in [-0.2, 0) is 4.79 Å². The lowest BCUT2D eigenvalue weighted by molar-refractivity contribution is -0.116. The van der Waals surface area contributed by atoms with Crippen LogP contribution in [0, 0.1) is 13.8 Å². The van der Waals surface area contributed by atoms with Crippen LogP contribution in [0.2, 0.25) is 0 Å². The van der Waals surface area contributed by atoms with Gasteiger partial charge in [-0.2, -0.15) is 0 Å². The molecule has 0 aliphatic rings. The van der Waals surface area contributed by atoms with Crippen molar-refractivity contribution in [1.29, 1.82) is 0 Å². The molecule has 0 aliphatic heterocycles. The lowest BCUT2D eigenvalue weighted by Gasteiger charge is -2.12. The zero-order valence-electron chi connectivity index (χ0n) is 14.1. The first-order valence-corrected chi connectivity index (χ1v) is 7.98. The lowest BCUT2D eigenvalue weighted by Crippen LogP contribution is -2.15. The monoisotopic (exact) mass is 325 g/mol. The first-order valence-electron chi connectivity index (χ1n) is 7.98. The first-order chi connectivity index (χ1) is 11.5. The van der Waals surface area contributed by atoms with Crippen LogP contribution in [0.4, 0.5) is 11.4 Å². The van der Waals surface area contributed by atoms with Crippen LogP contribution < -0.4 is 16.4 Å². The van der Waals surface area contributed by atoms with Crippen molar-refractivity contribution >= 4 is 23.2 Å². The Morgan fingerprint density at radius 3 is 2.54 bits per heavy atom. The molecule has 0 atom stereocenters. The molecule has 0 spiro atoms. The number of amides is 2. The second-order valence-corrected chi connectivity index (χ2v) is 5.79. The molecule has 2 aromatic rings. The maximum atomic E-state index is 12.3. The quantitative estimate of drug-likeness (QED) is 0.762. The highest BCUT2D eigenvalue weighted by Crippen LogP contribution is 2.21. The Morgan fingerprint density at radius 2 is 1.83 bits per heavy atom. The van der Waals surface area contributed by atoms with Gasteiger partial charge < -0.3 is 16.4 Å². The van der Waals surface area contributed by atoms with Crippen molar-refractivity contribution in [1.82, 2.24) is 0 Å². The normalized spacial score (nSPS) is 10.3. The zero-order chi connectivity index (χ0) is 17.5. The second kappa shape index (κ2) is 8.26. The fourth-order valence-corrected chi connectivity index (χ4v) is 2.30. The van der Waals surface area contributed by atoms with Crippen molar-refractivity contribution in [3.05, 3.63) is 59.2 Å². The van der Waals surface area contributed by atoms with E-state index in [1.165, 1.54) is 0 Å². The lowest BCUT2D eigenvalue weighted by atomic mass is 10.1. The number of rotatable bonds is 6. The molecule has 0 aromatic heterocycles. The minimum Gasteiger partial charge on any atom is -0.330 e. The summed E-state index contributed by atoms with van der Waals surface area (Å²) in [5, 5.41) is 5.72. The van der Waals surface area contributed by atoms with Crippen molar-refractivity contribution < 1.29 is 9.59 Å². The molecule has 4 N–H and O–H groups in total. The van der Waals surface area contributed by atoms with Crippen LogP contribution in [0.3, 0.4) is 0 Å². The molecule has 2 aromatic carbocycles. The molecular formula is C19H23N3O2. The Labute approximate surface area is 142 Å². The highest BCUT2D eigenvalue weighted by atomic mass is 16.2. The largest absolute Gasteiger partial charge is 0.330 e. The van der Waals surface area contributed by atoms with Gasteiger partial charge in [-0.3, -0.25) is 9.59 Å². The summed E-state index contributed by atoms with van der Waals surface area (Å²) in [5.41, 5.74) is 9.31. The minimum absolute atomic E-state index is 0.0780. The second-order valence-electron chi connectivity index (χ2n) is 5.79. The Balaban J connectivity index is 2.10. The molecule has 5 heteroatoms. The SMILES string of the molecule is Cc1cccc(C(=O)Nc2ccc(C)c(NC(=O)CCCN)c2)c1. The fraction of sp³-hybridized carbons (Fsp3) is 0.263. The molecule has 0 bridgehead atoms. The number of carbonyl (C=O) groups is 2. The van der Waals surface area contributed by atoms with E-state index in [1.54, 1.807) is 12.1 Å². The van der Waals surface area contributed by atoms with Crippen LogP contribution in [-0.4, -0.2) is 18.4 Å². The van der Waals surface area contributed by atoms with Gasteiger partial charge in [-0.15, -0.1) is 0 Å². The summed E-state index contributed by atoms with van der Waals surface area (Å²) in [5.74, 6) is -0.256. The molecule has 5 nitrogen and oxygen atoms in total. The Bertz CT molecular complexity index is 741. The number of hydrogen-bond donors (Lipinski definition) is 3. The van der Waals surface area contributed by atoms with Gasteiger partial charge >= 0.3 is 0 Å². The summed E-state index contributed by atoms with van der Waals surface area (Å²) in [6.45, 7) is 4.33. The van der Waals surface area contributed by atoms with Gasteiger partial charge in [-0.25, -0.2) is 0 Å². The number of carbonyl (C=O) groups excluding carboxylic acids is 2. The molecule has 2 amide bonds. The average Bonchev–Trinajstić information content (AvgIpc) is 2.56. The fourth-order valence-electron chi connectivity index (χ4n) is 2.30. The van der Waals surface area contributed by atoms with Gasteiger partial charge in [0.2, 0.25) is 5.91 Å². The first kappa shape index (κ1) is 17.7. The van der Waals surface area contributed by atoms with Crippen LogP contribution in [0.5, 0.6) is 0 Å². The molecule has 126 valence electrons. The number of benzene rings is 2. The van der Waals surface area contributed by atoms with Gasteiger partial charge in [0.15, 0.2) is 0 Å². The van der Waals surface area contributed by atoms with Crippen LogP contribution in [0.1, 0.15) is 34.3 Å². The van der Waals surface area contributed by atoms with E-state index in [1.807, 2.05) is 44.2 Å². The highest BCUT2D eigenvalue weighted by Gasteiger charge is 2.09. The van der Waals surface area contributed by atoms with Crippen molar-refractivity contribution in [2.45, 2.75) is 26.7 Å². The smallest absolute Gasteiger partial charge is 0.255 e. The molecule has 2 rings (SSSR count). The number of nitrogens with two attached hydrogens (primary N) is 1. The summed E-state index contributed by atoms with van der Waals surface area (Å²) in [4.78, 5) is 24.2. The average molecular weight is 325 g/mol. The van der Waals surface area contributed by atoms with Crippen LogP contribution in [0.25, 0.3) is 0 Å². The maximum Gasteiger partial charge on any atom is 0.255 e. The molecule has 0 radical (unpaired) electrons. The summed E-state index contributed by atoms with van der Waals surface area (Å²) in [6, 6.07) is 12.8. The highest BCUT2D eigenvalue weighted by molar-refractivity contribution is 6.04. The van der Waals surface area contributed by atoms with Gasteiger partial charge in [-0.05, 0) is 56.6 Å². The number of hydrogen-bond acceptors (Lipinski definition) is 3. The van der Waals surface area contributed by atoms with Crippen molar-refractivity contribution in [2.75, 3.05) is 17.2 Å². The van der Waals surface area contributed by atoms with E-state index in [0.717, 1.165) is 11.1 Å². The van der Waals surface area contributed by atoms with Crippen LogP contribution >= 0.6 is 0 Å². The standard InChI is InChI=1S/C19H23N3O2/c1-13-5-3-6-15(11-13)19(24)21-16-9-8-14(2)17(12-16)22-18(23)7-4-10-20/h3,5-6,8-9,11-12H,4,7,10,20H2,1-2H3,(H,21,24)(H,22,23). The van der Waals surface area contributed by atoms with Crippen molar-refractivity contribution in [3.8, 4) is 0 Å². The van der Waals surface area contributed by atoms with Crippen molar-refractivity contribution in [2.24, 2.45) is 5.73 Å². The van der Waals surface area contributed by atoms with E-state index in [-0.39, 0.29) is 11.8 Å². The van der Waals surface area contributed by atoms with E-state index in [4.69, 9.17) is 5.73 Å². The summed E-state index contributed by atoms with van der Waals surface area (Å²) < 4.78 is 0. The Kier molecular flexibility index (Phi) is 6.09. The van der Waals surface area contributed by atoms with Gasteiger partial charge in [0, 0.05) is 23.4 Å². The van der Waals surface area contributed by atoms with Gasteiger partial charge in [-0.1, -0.05) is 23.8 Å². The number of aryl methyl sites for hydroxylation is 2. The summed E-state index contributed by atoms with van der Waals surface area (Å²) >= 11 is 0. The third kappa shape index (κ3) is 4.93. The summed E-state index contributed by atoms with van der Waals surface area (Å²) in [7, 11) is 0. The van der Waals surface area contributed by atoms with E-state index in [2.05, 4.69) is 10.6 Å². The Morgan fingerprint density at radius 1 is 1.04 bits per heavy atom. The summed E-state index contributed by atoms with van der Waals surface area (Å²) in [6.07, 6.45) is 1.03. The molecule has 0 heterocycles. The Hall–Kier alpha value is -2.66. The molecule has 24 heavy (non-hydrogen) atoms. The van der Waals surface area contributed by atoms with E-state index < -0.39 is 0 Å². The number of nitrogens with one attached hydrogen (secondary N) is 2. The molecule has 0 saturated carbocycles. The molecule has 0 fully saturated rings. The van der Waals surface area contributed by atoms with Gasteiger partial charge in [0.25, 0.3) is 5.91 Å². The van der Waals surface area contributed by atoms with E-state index >= 15 is 0 Å². The third-order valence-corrected chi connectivity index (χ3v) is 3.66. The molecule has 0 saturated heterocycles. The number of anilines is 2. The molecule has 0 aliphatic carbocycles. The molecule has 0 unspecified atom stereocenters. The topological polar surface area (TPSA) is 84.2 Å². The van der Waals surface area contributed by atoms with E-state index in [0.29, 0.717) is 36.3 Å².